The van der Waals surface area contributed by atoms with Crippen molar-refractivity contribution in [3.05, 3.63) is 95.1 Å². The van der Waals surface area contributed by atoms with E-state index in [-0.39, 0.29) is 29.9 Å². The first kappa shape index (κ1) is 20.2. The van der Waals surface area contributed by atoms with Crippen molar-refractivity contribution < 1.29 is 14.0 Å². The largest absolute Gasteiger partial charge is 0.348 e. The Balaban J connectivity index is 1.74. The van der Waals surface area contributed by atoms with Gasteiger partial charge >= 0.3 is 0 Å². The topological polar surface area (TPSA) is 62.3 Å². The first-order chi connectivity index (χ1) is 14.0. The number of nitrogens with zero attached hydrogens (tertiary/aromatic N) is 2. The quantitative estimate of drug-likeness (QED) is 0.687. The number of anilines is 1. The summed E-state index contributed by atoms with van der Waals surface area (Å²) in [4.78, 5) is 31.2. The van der Waals surface area contributed by atoms with Crippen LogP contribution in [0.1, 0.15) is 38.9 Å². The van der Waals surface area contributed by atoms with Crippen LogP contribution in [0.25, 0.3) is 0 Å². The summed E-state index contributed by atoms with van der Waals surface area (Å²) < 4.78 is 13.0. The molecule has 3 aromatic rings. The van der Waals surface area contributed by atoms with Crippen LogP contribution < -0.4 is 10.2 Å². The van der Waals surface area contributed by atoms with Crippen molar-refractivity contribution >= 4 is 17.5 Å². The van der Waals surface area contributed by atoms with Gasteiger partial charge in [-0.1, -0.05) is 24.3 Å². The van der Waals surface area contributed by atoms with Gasteiger partial charge in [-0.05, 0) is 61.4 Å². The lowest BCUT2D eigenvalue weighted by atomic mass is 10.1. The molecular weight excluding hydrogens is 369 g/mol. The molecule has 29 heavy (non-hydrogen) atoms. The minimum atomic E-state index is -0.329. The minimum absolute atomic E-state index is 0.197. The predicted molar refractivity (Wildman–Crippen MR) is 110 cm³/mol. The Hall–Kier alpha value is -3.54. The van der Waals surface area contributed by atoms with Crippen molar-refractivity contribution in [1.29, 1.82) is 0 Å². The van der Waals surface area contributed by atoms with Crippen molar-refractivity contribution in [1.82, 2.24) is 10.3 Å². The van der Waals surface area contributed by atoms with Gasteiger partial charge in [0.05, 0.1) is 0 Å². The fraction of sp³-hybridized carbons (Fsp3) is 0.174. The Morgan fingerprint density at radius 3 is 2.52 bits per heavy atom. The van der Waals surface area contributed by atoms with Crippen LogP contribution in [0.3, 0.4) is 0 Å². The van der Waals surface area contributed by atoms with Crippen LogP contribution in [0.15, 0.2) is 66.9 Å². The van der Waals surface area contributed by atoms with E-state index in [1.165, 1.54) is 24.4 Å². The molecule has 1 N–H and O–H groups in total. The molecule has 0 radical (unpaired) electrons. The average Bonchev–Trinajstić information content (AvgIpc) is 2.74. The van der Waals surface area contributed by atoms with Gasteiger partial charge in [-0.3, -0.25) is 14.6 Å². The van der Waals surface area contributed by atoms with Crippen molar-refractivity contribution in [3.63, 3.8) is 0 Å². The Labute approximate surface area is 169 Å². The van der Waals surface area contributed by atoms with E-state index in [4.69, 9.17) is 0 Å². The molecule has 5 nitrogen and oxygen atoms in total. The number of carbonyl (C=O) groups is 2. The molecule has 2 aromatic carbocycles. The molecule has 148 valence electrons. The molecule has 0 saturated heterocycles. The van der Waals surface area contributed by atoms with Gasteiger partial charge in [-0.15, -0.1) is 0 Å². The maximum absolute atomic E-state index is 13.0. The molecule has 0 bridgehead atoms. The number of aromatic nitrogens is 1. The lowest BCUT2D eigenvalue weighted by Crippen LogP contribution is -2.32. The Morgan fingerprint density at radius 1 is 1.07 bits per heavy atom. The molecule has 0 aliphatic carbocycles. The van der Waals surface area contributed by atoms with Crippen LogP contribution in [-0.2, 0) is 6.54 Å². The van der Waals surface area contributed by atoms with Gasteiger partial charge in [-0.25, -0.2) is 4.39 Å². The smallest absolute Gasteiger partial charge is 0.276 e. The highest BCUT2D eigenvalue weighted by molar-refractivity contribution is 6.06. The molecule has 0 spiro atoms. The van der Waals surface area contributed by atoms with Crippen LogP contribution in [-0.4, -0.2) is 23.3 Å². The number of nitrogens with one attached hydrogen (secondary N) is 1. The van der Waals surface area contributed by atoms with E-state index < -0.39 is 0 Å². The lowest BCUT2D eigenvalue weighted by Gasteiger charge is -2.21. The molecule has 0 aliphatic heterocycles. The van der Waals surface area contributed by atoms with Gasteiger partial charge in [0.25, 0.3) is 11.8 Å². The zero-order chi connectivity index (χ0) is 20.8. The van der Waals surface area contributed by atoms with E-state index in [0.717, 1.165) is 16.8 Å². The van der Waals surface area contributed by atoms with E-state index >= 15 is 0 Å². The zero-order valence-corrected chi connectivity index (χ0v) is 16.4. The minimum Gasteiger partial charge on any atom is -0.348 e. The van der Waals surface area contributed by atoms with Crippen LogP contribution in [0.4, 0.5) is 10.1 Å². The second-order valence-corrected chi connectivity index (χ2v) is 6.63. The molecule has 2 amide bonds. The predicted octanol–water partition coefficient (Wildman–Crippen LogP) is 4.13. The van der Waals surface area contributed by atoms with Gasteiger partial charge in [0.2, 0.25) is 0 Å². The first-order valence-electron chi connectivity index (χ1n) is 9.35. The Bertz CT molecular complexity index is 1020. The fourth-order valence-electron chi connectivity index (χ4n) is 2.95. The average molecular weight is 391 g/mol. The third-order valence-corrected chi connectivity index (χ3v) is 4.48. The third kappa shape index (κ3) is 5.04. The summed E-state index contributed by atoms with van der Waals surface area (Å²) in [6, 6.07) is 16.6. The molecule has 0 aliphatic rings. The van der Waals surface area contributed by atoms with E-state index in [2.05, 4.69) is 10.3 Å². The van der Waals surface area contributed by atoms with Crippen molar-refractivity contribution in [2.75, 3.05) is 11.4 Å². The number of aryl methyl sites for hydroxylation is 1. The number of hydrogen-bond acceptors (Lipinski definition) is 3. The Morgan fingerprint density at radius 2 is 1.83 bits per heavy atom. The van der Waals surface area contributed by atoms with Gasteiger partial charge in [0, 0.05) is 30.5 Å². The highest BCUT2D eigenvalue weighted by Gasteiger charge is 2.19. The van der Waals surface area contributed by atoms with E-state index in [0.29, 0.717) is 12.1 Å². The maximum atomic E-state index is 13.0. The fourth-order valence-corrected chi connectivity index (χ4v) is 2.95. The summed E-state index contributed by atoms with van der Waals surface area (Å²) in [5, 5.41) is 2.77. The lowest BCUT2D eigenvalue weighted by molar-refractivity contribution is 0.0951. The summed E-state index contributed by atoms with van der Waals surface area (Å²) in [5.41, 5.74) is 3.15. The summed E-state index contributed by atoms with van der Waals surface area (Å²) >= 11 is 0. The number of carbonyl (C=O) groups excluding carboxylic acids is 2. The number of benzene rings is 2. The number of hydrogen-bond donors (Lipinski definition) is 1. The molecule has 1 heterocycles. The molecule has 3 rings (SSSR count). The molecule has 0 unspecified atom stereocenters. The highest BCUT2D eigenvalue weighted by atomic mass is 19.1. The van der Waals surface area contributed by atoms with Gasteiger partial charge < -0.3 is 10.2 Å². The summed E-state index contributed by atoms with van der Waals surface area (Å²) in [7, 11) is 0. The van der Waals surface area contributed by atoms with E-state index in [9.17, 15) is 14.0 Å². The SMILES string of the molecule is CCN(C(=O)c1cc(C(=O)NCc2ccc(F)cc2)ccn1)c1cccc(C)c1. The summed E-state index contributed by atoms with van der Waals surface area (Å²) in [6.07, 6.45) is 1.45. The van der Waals surface area contributed by atoms with Crippen LogP contribution in [0.5, 0.6) is 0 Å². The van der Waals surface area contributed by atoms with Gasteiger partial charge in [0.15, 0.2) is 0 Å². The highest BCUT2D eigenvalue weighted by Crippen LogP contribution is 2.18. The molecule has 1 aromatic heterocycles. The van der Waals surface area contributed by atoms with Crippen LogP contribution in [0.2, 0.25) is 0 Å². The van der Waals surface area contributed by atoms with Crippen LogP contribution in [0, 0.1) is 12.7 Å². The molecule has 6 heteroatoms. The number of amides is 2. The monoisotopic (exact) mass is 391 g/mol. The second-order valence-electron chi connectivity index (χ2n) is 6.63. The number of halogens is 1. The van der Waals surface area contributed by atoms with Crippen molar-refractivity contribution in [2.24, 2.45) is 0 Å². The van der Waals surface area contributed by atoms with Gasteiger partial charge in [0.1, 0.15) is 11.5 Å². The molecule has 0 fully saturated rings. The number of pyridine rings is 1. The van der Waals surface area contributed by atoms with E-state index in [1.807, 2.05) is 38.1 Å². The summed E-state index contributed by atoms with van der Waals surface area (Å²) in [5.74, 6) is -0.929. The van der Waals surface area contributed by atoms with Crippen molar-refractivity contribution in [2.45, 2.75) is 20.4 Å². The second kappa shape index (κ2) is 9.10. The Kier molecular flexibility index (Phi) is 6.34. The van der Waals surface area contributed by atoms with Gasteiger partial charge in [-0.2, -0.15) is 0 Å². The van der Waals surface area contributed by atoms with E-state index in [1.54, 1.807) is 23.1 Å². The molecule has 0 saturated carbocycles. The standard InChI is InChI=1S/C23H22FN3O2/c1-3-27(20-6-4-5-16(2)13-20)23(29)21-14-18(11-12-25-21)22(28)26-15-17-7-9-19(24)10-8-17/h4-14H,3,15H2,1-2H3,(H,26,28). The molecular formula is C23H22FN3O2. The first-order valence-corrected chi connectivity index (χ1v) is 9.35. The maximum Gasteiger partial charge on any atom is 0.276 e. The normalized spacial score (nSPS) is 10.4. The van der Waals surface area contributed by atoms with Crippen LogP contribution >= 0.6 is 0 Å². The zero-order valence-electron chi connectivity index (χ0n) is 16.4. The van der Waals surface area contributed by atoms with Crippen molar-refractivity contribution in [3.8, 4) is 0 Å². The molecule has 0 atom stereocenters. The third-order valence-electron chi connectivity index (χ3n) is 4.48. The summed E-state index contributed by atoms with van der Waals surface area (Å²) in [6.45, 7) is 4.59. The number of rotatable bonds is 6.